The van der Waals surface area contributed by atoms with Crippen LogP contribution in [0, 0.1) is 0 Å². The molecule has 0 aliphatic carbocycles. The number of rotatable bonds is 3. The van der Waals surface area contributed by atoms with Gasteiger partial charge in [-0.1, -0.05) is 35.4 Å². The maximum absolute atomic E-state index is 6.02. The van der Waals surface area contributed by atoms with E-state index in [-0.39, 0.29) is 5.60 Å². The zero-order valence-corrected chi connectivity index (χ0v) is 12.9. The molecule has 1 aliphatic heterocycles. The minimum Gasteiger partial charge on any atom is -0.483 e. The molecule has 2 heterocycles. The van der Waals surface area contributed by atoms with Crippen LogP contribution in [0.2, 0.25) is 0 Å². The van der Waals surface area contributed by atoms with E-state index in [4.69, 9.17) is 9.47 Å². The Labute approximate surface area is 133 Å². The molecule has 23 heavy (non-hydrogen) atoms. The predicted octanol–water partition coefficient (Wildman–Crippen LogP) is 3.17. The van der Waals surface area contributed by atoms with E-state index in [9.17, 15) is 0 Å². The Kier molecular flexibility index (Phi) is 3.04. The minimum absolute atomic E-state index is 0.229. The average Bonchev–Trinajstić information content (AvgIpc) is 3.11. The van der Waals surface area contributed by atoms with Gasteiger partial charge >= 0.3 is 6.01 Å². The summed E-state index contributed by atoms with van der Waals surface area (Å²) in [4.78, 5) is 0. The van der Waals surface area contributed by atoms with Crippen LogP contribution in [0.4, 0.5) is 0 Å². The van der Waals surface area contributed by atoms with Gasteiger partial charge in [0.2, 0.25) is 0 Å². The van der Waals surface area contributed by atoms with Crippen molar-refractivity contribution >= 4 is 0 Å². The highest BCUT2D eigenvalue weighted by Gasteiger charge is 2.32. The highest BCUT2D eigenvalue weighted by Crippen LogP contribution is 2.43. The molecule has 0 amide bonds. The number of fused-ring (bicyclic) bond motifs is 1. The summed E-state index contributed by atoms with van der Waals surface area (Å²) < 4.78 is 13.5. The third-order valence-corrected chi connectivity index (χ3v) is 3.70. The lowest BCUT2D eigenvalue weighted by Gasteiger charge is -2.18. The number of tetrazole rings is 1. The molecule has 0 saturated carbocycles. The van der Waals surface area contributed by atoms with Crippen molar-refractivity contribution in [1.82, 2.24) is 20.2 Å². The highest BCUT2D eigenvalue weighted by atomic mass is 16.5. The van der Waals surface area contributed by atoms with E-state index in [1.165, 1.54) is 0 Å². The molecule has 4 rings (SSSR count). The van der Waals surface area contributed by atoms with Crippen molar-refractivity contribution in [2.24, 2.45) is 0 Å². The van der Waals surface area contributed by atoms with E-state index in [1.54, 1.807) is 4.68 Å². The Hall–Kier alpha value is -2.89. The lowest BCUT2D eigenvalue weighted by Crippen LogP contribution is -2.24. The zero-order valence-electron chi connectivity index (χ0n) is 12.9. The van der Waals surface area contributed by atoms with Crippen molar-refractivity contribution in [2.75, 3.05) is 0 Å². The van der Waals surface area contributed by atoms with Crippen LogP contribution in [0.15, 0.2) is 48.5 Å². The first-order chi connectivity index (χ1) is 11.1. The van der Waals surface area contributed by atoms with Crippen molar-refractivity contribution in [3.8, 4) is 23.2 Å². The summed E-state index contributed by atoms with van der Waals surface area (Å²) in [6.45, 7) is 4.12. The van der Waals surface area contributed by atoms with Gasteiger partial charge in [-0.05, 0) is 42.5 Å². The molecule has 0 spiro atoms. The number of aromatic nitrogens is 4. The molecule has 0 radical (unpaired) electrons. The van der Waals surface area contributed by atoms with Crippen molar-refractivity contribution < 1.29 is 9.47 Å². The maximum Gasteiger partial charge on any atom is 0.346 e. The van der Waals surface area contributed by atoms with Crippen LogP contribution in [-0.4, -0.2) is 25.8 Å². The fourth-order valence-corrected chi connectivity index (χ4v) is 2.74. The van der Waals surface area contributed by atoms with Gasteiger partial charge in [0.1, 0.15) is 5.60 Å². The van der Waals surface area contributed by atoms with E-state index >= 15 is 0 Å². The van der Waals surface area contributed by atoms with Crippen molar-refractivity contribution in [2.45, 2.75) is 25.9 Å². The third-order valence-electron chi connectivity index (χ3n) is 3.70. The van der Waals surface area contributed by atoms with Gasteiger partial charge in [-0.2, -0.15) is 4.68 Å². The van der Waals surface area contributed by atoms with Gasteiger partial charge in [-0.25, -0.2) is 0 Å². The number of benzene rings is 2. The molecule has 0 fully saturated rings. The number of nitrogens with zero attached hydrogens (tertiary/aromatic N) is 4. The molecular formula is C17H16N4O2. The van der Waals surface area contributed by atoms with Gasteiger partial charge in [0.05, 0.1) is 5.69 Å². The van der Waals surface area contributed by atoms with Crippen LogP contribution in [0.1, 0.15) is 19.4 Å². The predicted molar refractivity (Wildman–Crippen MR) is 84.1 cm³/mol. The summed E-state index contributed by atoms with van der Waals surface area (Å²) in [7, 11) is 0. The monoisotopic (exact) mass is 308 g/mol. The molecule has 0 bridgehead atoms. The highest BCUT2D eigenvalue weighted by molar-refractivity contribution is 5.51. The van der Waals surface area contributed by atoms with Crippen molar-refractivity contribution in [1.29, 1.82) is 0 Å². The normalized spacial score (nSPS) is 15.0. The Morgan fingerprint density at radius 2 is 1.91 bits per heavy atom. The molecule has 0 saturated heterocycles. The standard InChI is InChI=1S/C17H16N4O2/c1-17(2)11-12-7-6-10-14(15(12)23-17)22-16-18-19-20-21(16)13-8-4-3-5-9-13/h3-10H,11H2,1-2H3. The smallest absolute Gasteiger partial charge is 0.346 e. The van der Waals surface area contributed by atoms with Crippen LogP contribution in [0.25, 0.3) is 5.69 Å². The first-order valence-corrected chi connectivity index (χ1v) is 7.45. The second-order valence-electron chi connectivity index (χ2n) is 6.09. The van der Waals surface area contributed by atoms with Crippen molar-refractivity contribution in [3.63, 3.8) is 0 Å². The lowest BCUT2D eigenvalue weighted by atomic mass is 10.0. The maximum atomic E-state index is 6.02. The topological polar surface area (TPSA) is 62.1 Å². The van der Waals surface area contributed by atoms with Gasteiger partial charge in [-0.15, -0.1) is 0 Å². The molecular weight excluding hydrogens is 292 g/mol. The number of ether oxygens (including phenoxy) is 2. The van der Waals surface area contributed by atoms with Crippen molar-refractivity contribution in [3.05, 3.63) is 54.1 Å². The summed E-state index contributed by atoms with van der Waals surface area (Å²) in [6, 6.07) is 15.8. The van der Waals surface area contributed by atoms with E-state index in [0.717, 1.165) is 23.4 Å². The Morgan fingerprint density at radius 1 is 1.09 bits per heavy atom. The fourth-order valence-electron chi connectivity index (χ4n) is 2.74. The molecule has 116 valence electrons. The van der Waals surface area contributed by atoms with Crippen LogP contribution in [0.3, 0.4) is 0 Å². The van der Waals surface area contributed by atoms with Crippen LogP contribution in [0.5, 0.6) is 17.5 Å². The number of hydrogen-bond donors (Lipinski definition) is 0. The van der Waals surface area contributed by atoms with Gasteiger partial charge < -0.3 is 9.47 Å². The minimum atomic E-state index is -0.229. The molecule has 2 aromatic carbocycles. The Morgan fingerprint density at radius 3 is 2.74 bits per heavy atom. The molecule has 1 aromatic heterocycles. The first kappa shape index (κ1) is 13.8. The SMILES string of the molecule is CC1(C)Cc2cccc(Oc3nnnn3-c3ccccc3)c2O1. The van der Waals surface area contributed by atoms with E-state index in [2.05, 4.69) is 35.4 Å². The molecule has 0 N–H and O–H groups in total. The summed E-state index contributed by atoms with van der Waals surface area (Å²) in [5, 5.41) is 11.7. The van der Waals surface area contributed by atoms with Crippen LogP contribution in [-0.2, 0) is 6.42 Å². The molecule has 1 aliphatic rings. The van der Waals surface area contributed by atoms with Gasteiger partial charge in [0.15, 0.2) is 11.5 Å². The number of hydrogen-bond acceptors (Lipinski definition) is 5. The molecule has 0 unspecified atom stereocenters. The molecule has 6 heteroatoms. The second-order valence-corrected chi connectivity index (χ2v) is 6.09. The van der Waals surface area contributed by atoms with E-state index < -0.39 is 0 Å². The summed E-state index contributed by atoms with van der Waals surface area (Å²) >= 11 is 0. The quantitative estimate of drug-likeness (QED) is 0.743. The number of para-hydroxylation sites is 2. The first-order valence-electron chi connectivity index (χ1n) is 7.45. The fraction of sp³-hybridized carbons (Fsp3) is 0.235. The largest absolute Gasteiger partial charge is 0.483 e. The van der Waals surface area contributed by atoms with Gasteiger partial charge in [0, 0.05) is 12.0 Å². The third kappa shape index (κ3) is 2.52. The van der Waals surface area contributed by atoms with E-state index in [1.807, 2.05) is 42.5 Å². The molecule has 6 nitrogen and oxygen atoms in total. The molecule has 3 aromatic rings. The van der Waals surface area contributed by atoms with Crippen LogP contribution < -0.4 is 9.47 Å². The Balaban J connectivity index is 1.70. The van der Waals surface area contributed by atoms with Crippen LogP contribution >= 0.6 is 0 Å². The summed E-state index contributed by atoms with van der Waals surface area (Å²) in [5.41, 5.74) is 1.74. The van der Waals surface area contributed by atoms with Gasteiger partial charge in [0.25, 0.3) is 0 Å². The average molecular weight is 308 g/mol. The lowest BCUT2D eigenvalue weighted by molar-refractivity contribution is 0.134. The van der Waals surface area contributed by atoms with Gasteiger partial charge in [-0.3, -0.25) is 0 Å². The molecule has 0 atom stereocenters. The Bertz CT molecular complexity index is 843. The van der Waals surface area contributed by atoms with E-state index in [0.29, 0.717) is 11.8 Å². The summed E-state index contributed by atoms with van der Waals surface area (Å²) in [5.74, 6) is 1.39. The zero-order chi connectivity index (χ0) is 15.9. The summed E-state index contributed by atoms with van der Waals surface area (Å²) in [6.07, 6.45) is 0.850. The second kappa shape index (κ2) is 5.08.